The molecule has 0 aliphatic rings. The summed E-state index contributed by atoms with van der Waals surface area (Å²) in [5, 5.41) is 4.39. The number of nitrogens with one attached hydrogen (secondary N) is 1. The van der Waals surface area contributed by atoms with Crippen LogP contribution in [0, 0.1) is 0 Å². The Morgan fingerprint density at radius 1 is 0.912 bits per heavy atom. The highest BCUT2D eigenvalue weighted by atomic mass is 32.2. The minimum absolute atomic E-state index is 0.197. The van der Waals surface area contributed by atoms with Crippen LogP contribution >= 0.6 is 0 Å². The molecular weight excluding hydrogens is 450 g/mol. The highest BCUT2D eigenvalue weighted by molar-refractivity contribution is 7.92. The molecule has 3 rings (SSSR count). The third-order valence-corrected chi connectivity index (χ3v) is 6.77. The van der Waals surface area contributed by atoms with Crippen molar-refractivity contribution in [1.29, 1.82) is 0 Å². The summed E-state index contributed by atoms with van der Waals surface area (Å²) in [6.45, 7) is 3.89. The van der Waals surface area contributed by atoms with E-state index in [9.17, 15) is 18.0 Å². The fourth-order valence-electron chi connectivity index (χ4n) is 4.01. The van der Waals surface area contributed by atoms with E-state index >= 15 is 0 Å². The Morgan fingerprint density at radius 2 is 1.56 bits per heavy atom. The Balaban J connectivity index is 2.01. The van der Waals surface area contributed by atoms with Crippen LogP contribution in [0.3, 0.4) is 0 Å². The predicted octanol–water partition coefficient (Wildman–Crippen LogP) is 3.55. The third kappa shape index (κ3) is 5.94. The summed E-state index contributed by atoms with van der Waals surface area (Å²) in [7, 11) is -3.79. The molecule has 0 bridgehead atoms. The molecule has 1 atom stereocenters. The van der Waals surface area contributed by atoms with Crippen LogP contribution in [0.2, 0.25) is 0 Å². The molecule has 0 spiro atoms. The Kier molecular flexibility index (Phi) is 8.28. The number of nitrogens with zero attached hydrogens (tertiary/aromatic N) is 2. The largest absolute Gasteiger partial charge is 0.355 e. The molecule has 34 heavy (non-hydrogen) atoms. The van der Waals surface area contributed by atoms with Crippen LogP contribution in [-0.4, -0.2) is 50.5 Å². The van der Waals surface area contributed by atoms with Gasteiger partial charge in [0.2, 0.25) is 21.8 Å². The second-order valence-electron chi connectivity index (χ2n) is 8.09. The van der Waals surface area contributed by atoms with E-state index in [1.54, 1.807) is 12.1 Å². The van der Waals surface area contributed by atoms with Crippen LogP contribution in [0.5, 0.6) is 0 Å². The number of carbonyl (C=O) groups is 2. The quantitative estimate of drug-likeness (QED) is 0.480. The molecule has 0 fully saturated rings. The topological polar surface area (TPSA) is 86.8 Å². The Morgan fingerprint density at radius 3 is 2.21 bits per heavy atom. The van der Waals surface area contributed by atoms with Crippen LogP contribution in [0.4, 0.5) is 5.69 Å². The first-order valence-corrected chi connectivity index (χ1v) is 13.2. The summed E-state index contributed by atoms with van der Waals surface area (Å²) in [4.78, 5) is 27.9. The molecule has 1 N–H and O–H groups in total. The first-order valence-electron chi connectivity index (χ1n) is 11.3. The van der Waals surface area contributed by atoms with Gasteiger partial charge in [0.1, 0.15) is 12.6 Å². The van der Waals surface area contributed by atoms with Crippen LogP contribution in [0.15, 0.2) is 72.8 Å². The molecule has 2 amide bonds. The standard InChI is InChI=1S/C26H31N3O4S/c1-4-23(26(31)27-5-2)28(18-20-12-7-6-8-13-20)25(30)19-29(34(3,32)33)24-17-11-15-21-14-9-10-16-22(21)24/h6-17,23H,4-5,18-19H2,1-3H3,(H,27,31). The van der Waals surface area contributed by atoms with Crippen molar-refractivity contribution in [2.24, 2.45) is 0 Å². The van der Waals surface area contributed by atoms with Gasteiger partial charge in [0.05, 0.1) is 11.9 Å². The molecule has 7 nitrogen and oxygen atoms in total. The Hall–Kier alpha value is -3.39. The molecule has 0 aromatic heterocycles. The molecule has 0 aliphatic heterocycles. The lowest BCUT2D eigenvalue weighted by Crippen LogP contribution is -2.52. The zero-order chi connectivity index (χ0) is 24.7. The van der Waals surface area contributed by atoms with Crippen molar-refractivity contribution < 1.29 is 18.0 Å². The van der Waals surface area contributed by atoms with E-state index < -0.39 is 28.5 Å². The summed E-state index contributed by atoms with van der Waals surface area (Å²) >= 11 is 0. The van der Waals surface area contributed by atoms with Gasteiger partial charge in [-0.05, 0) is 30.4 Å². The van der Waals surface area contributed by atoms with Crippen molar-refractivity contribution in [2.45, 2.75) is 32.9 Å². The van der Waals surface area contributed by atoms with Gasteiger partial charge in [-0.25, -0.2) is 8.42 Å². The number of fused-ring (bicyclic) bond motifs is 1. The van der Waals surface area contributed by atoms with Crippen molar-refractivity contribution in [2.75, 3.05) is 23.7 Å². The molecule has 8 heteroatoms. The van der Waals surface area contributed by atoms with E-state index in [1.807, 2.05) is 74.5 Å². The average molecular weight is 482 g/mol. The van der Waals surface area contributed by atoms with Gasteiger partial charge in [0.25, 0.3) is 0 Å². The second-order valence-corrected chi connectivity index (χ2v) is 10.0. The highest BCUT2D eigenvalue weighted by Gasteiger charge is 2.31. The fraction of sp³-hybridized carbons (Fsp3) is 0.308. The highest BCUT2D eigenvalue weighted by Crippen LogP contribution is 2.28. The van der Waals surface area contributed by atoms with Crippen molar-refractivity contribution >= 4 is 38.3 Å². The van der Waals surface area contributed by atoms with Gasteiger partial charge in [-0.1, -0.05) is 73.7 Å². The second kappa shape index (κ2) is 11.2. The number of sulfonamides is 1. The van der Waals surface area contributed by atoms with Crippen LogP contribution in [0.25, 0.3) is 10.8 Å². The summed E-state index contributed by atoms with van der Waals surface area (Å²) in [6, 6.07) is 21.4. The lowest BCUT2D eigenvalue weighted by atomic mass is 10.1. The first kappa shape index (κ1) is 25.2. The summed E-state index contributed by atoms with van der Waals surface area (Å²) in [5.41, 5.74) is 1.29. The Bertz CT molecular complexity index is 1240. The fourth-order valence-corrected chi connectivity index (χ4v) is 4.87. The van der Waals surface area contributed by atoms with Gasteiger partial charge in [-0.15, -0.1) is 0 Å². The Labute approximate surface area is 201 Å². The summed E-state index contributed by atoms with van der Waals surface area (Å²) in [5.74, 6) is -0.703. The van der Waals surface area contributed by atoms with Crippen LogP contribution in [-0.2, 0) is 26.2 Å². The number of hydrogen-bond acceptors (Lipinski definition) is 4. The minimum atomic E-state index is -3.79. The molecule has 0 heterocycles. The summed E-state index contributed by atoms with van der Waals surface area (Å²) < 4.78 is 26.8. The number of likely N-dealkylation sites (N-methyl/N-ethyl adjacent to an activating group) is 1. The monoisotopic (exact) mass is 481 g/mol. The van der Waals surface area contributed by atoms with Gasteiger partial charge < -0.3 is 10.2 Å². The number of anilines is 1. The lowest BCUT2D eigenvalue weighted by molar-refractivity contribution is -0.140. The van der Waals surface area contributed by atoms with Gasteiger partial charge in [-0.3, -0.25) is 13.9 Å². The molecule has 0 radical (unpaired) electrons. The normalized spacial score (nSPS) is 12.2. The number of benzene rings is 3. The van der Waals surface area contributed by atoms with Crippen molar-refractivity contribution in [3.05, 3.63) is 78.4 Å². The smallest absolute Gasteiger partial charge is 0.244 e. The maximum Gasteiger partial charge on any atom is 0.244 e. The van der Waals surface area contributed by atoms with E-state index in [0.717, 1.165) is 26.9 Å². The van der Waals surface area contributed by atoms with Crippen molar-refractivity contribution in [3.8, 4) is 0 Å². The van der Waals surface area contributed by atoms with Crippen LogP contribution in [0.1, 0.15) is 25.8 Å². The van der Waals surface area contributed by atoms with Crippen molar-refractivity contribution in [3.63, 3.8) is 0 Å². The molecule has 3 aromatic carbocycles. The number of rotatable bonds is 10. The van der Waals surface area contributed by atoms with Crippen molar-refractivity contribution in [1.82, 2.24) is 10.2 Å². The van der Waals surface area contributed by atoms with E-state index in [4.69, 9.17) is 0 Å². The third-order valence-electron chi connectivity index (χ3n) is 5.65. The number of carbonyl (C=O) groups excluding carboxylic acids is 2. The predicted molar refractivity (Wildman–Crippen MR) is 136 cm³/mol. The molecule has 3 aromatic rings. The van der Waals surface area contributed by atoms with Gasteiger partial charge in [0, 0.05) is 18.5 Å². The van der Waals surface area contributed by atoms with Gasteiger partial charge in [-0.2, -0.15) is 0 Å². The average Bonchev–Trinajstić information content (AvgIpc) is 2.82. The minimum Gasteiger partial charge on any atom is -0.355 e. The van der Waals surface area contributed by atoms with Crippen LogP contribution < -0.4 is 9.62 Å². The first-order chi connectivity index (χ1) is 16.3. The molecule has 1 unspecified atom stereocenters. The molecular formula is C26H31N3O4S. The van der Waals surface area contributed by atoms with E-state index in [2.05, 4.69) is 5.32 Å². The molecule has 0 saturated carbocycles. The van der Waals surface area contributed by atoms with E-state index in [1.165, 1.54) is 4.90 Å². The maximum atomic E-state index is 13.7. The number of hydrogen-bond donors (Lipinski definition) is 1. The number of amides is 2. The summed E-state index contributed by atoms with van der Waals surface area (Å²) in [6.07, 6.45) is 1.49. The molecule has 0 aliphatic carbocycles. The SMILES string of the molecule is CCNC(=O)C(CC)N(Cc1ccccc1)C(=O)CN(c1cccc2ccccc12)S(C)(=O)=O. The zero-order valence-electron chi connectivity index (χ0n) is 19.8. The molecule has 0 saturated heterocycles. The van der Waals surface area contributed by atoms with E-state index in [0.29, 0.717) is 18.7 Å². The van der Waals surface area contributed by atoms with E-state index in [-0.39, 0.29) is 12.5 Å². The lowest BCUT2D eigenvalue weighted by Gasteiger charge is -2.33. The maximum absolute atomic E-state index is 13.7. The van der Waals surface area contributed by atoms with Gasteiger partial charge >= 0.3 is 0 Å². The zero-order valence-corrected chi connectivity index (χ0v) is 20.6. The molecule has 180 valence electrons. The van der Waals surface area contributed by atoms with Gasteiger partial charge in [0.15, 0.2) is 0 Å².